The van der Waals surface area contributed by atoms with Gasteiger partial charge in [0.05, 0.1) is 5.39 Å². The molecule has 0 unspecified atom stereocenters. The van der Waals surface area contributed by atoms with Gasteiger partial charge in [-0.2, -0.15) is 0 Å². The molecule has 162 valence electrons. The SMILES string of the molecule is CC#CNc1ncnc(N)c1C.CCc1cc2cccc(O)c2c(=O)n1-c1ccccc1. The lowest BCUT2D eigenvalue weighted by atomic mass is 10.1. The van der Waals surface area contributed by atoms with Gasteiger partial charge in [-0.15, -0.1) is 0 Å². The monoisotopic (exact) mass is 427 g/mol. The first kappa shape index (κ1) is 22.4. The molecular formula is C25H25N5O2. The zero-order valence-corrected chi connectivity index (χ0v) is 18.3. The van der Waals surface area contributed by atoms with Crippen molar-refractivity contribution >= 4 is 22.4 Å². The van der Waals surface area contributed by atoms with Crippen molar-refractivity contribution in [3.8, 4) is 23.4 Å². The number of pyridine rings is 1. The molecular weight excluding hydrogens is 402 g/mol. The predicted octanol–water partition coefficient (Wildman–Crippen LogP) is 4.02. The van der Waals surface area contributed by atoms with Gasteiger partial charge in [0.15, 0.2) is 0 Å². The average molecular weight is 428 g/mol. The van der Waals surface area contributed by atoms with Gasteiger partial charge >= 0.3 is 0 Å². The first-order valence-electron chi connectivity index (χ1n) is 10.1. The van der Waals surface area contributed by atoms with Crippen molar-refractivity contribution in [1.29, 1.82) is 0 Å². The smallest absolute Gasteiger partial charge is 0.266 e. The minimum Gasteiger partial charge on any atom is -0.507 e. The van der Waals surface area contributed by atoms with Crippen molar-refractivity contribution < 1.29 is 5.11 Å². The molecule has 0 saturated heterocycles. The molecule has 4 N–H and O–H groups in total. The van der Waals surface area contributed by atoms with E-state index in [0.29, 0.717) is 17.0 Å². The van der Waals surface area contributed by atoms with Crippen LogP contribution in [0.2, 0.25) is 0 Å². The van der Waals surface area contributed by atoms with Crippen LogP contribution >= 0.6 is 0 Å². The summed E-state index contributed by atoms with van der Waals surface area (Å²) >= 11 is 0. The second-order valence-corrected chi connectivity index (χ2v) is 6.94. The van der Waals surface area contributed by atoms with Crippen LogP contribution in [-0.4, -0.2) is 19.6 Å². The number of phenols is 1. The summed E-state index contributed by atoms with van der Waals surface area (Å²) in [6.45, 7) is 5.60. The van der Waals surface area contributed by atoms with Gasteiger partial charge in [0.2, 0.25) is 0 Å². The molecule has 2 aromatic heterocycles. The quantitative estimate of drug-likeness (QED) is 0.337. The van der Waals surface area contributed by atoms with Crippen molar-refractivity contribution in [2.24, 2.45) is 0 Å². The molecule has 7 nitrogen and oxygen atoms in total. The van der Waals surface area contributed by atoms with Crippen LogP contribution < -0.4 is 16.6 Å². The summed E-state index contributed by atoms with van der Waals surface area (Å²) in [5, 5.41) is 13.9. The third-order valence-electron chi connectivity index (χ3n) is 4.91. The second kappa shape index (κ2) is 10.1. The number of fused-ring (bicyclic) bond motifs is 1. The van der Waals surface area contributed by atoms with Crippen molar-refractivity contribution in [3.63, 3.8) is 0 Å². The Morgan fingerprint density at radius 1 is 1.12 bits per heavy atom. The molecule has 0 aliphatic rings. The van der Waals surface area contributed by atoms with E-state index in [2.05, 4.69) is 27.2 Å². The highest BCUT2D eigenvalue weighted by atomic mass is 16.3. The third-order valence-corrected chi connectivity index (χ3v) is 4.91. The van der Waals surface area contributed by atoms with E-state index in [9.17, 15) is 9.90 Å². The van der Waals surface area contributed by atoms with Gasteiger partial charge in [-0.05, 0) is 49.9 Å². The van der Waals surface area contributed by atoms with Crippen LogP contribution in [0.5, 0.6) is 5.75 Å². The van der Waals surface area contributed by atoms with Crippen LogP contribution in [0.4, 0.5) is 11.6 Å². The Morgan fingerprint density at radius 2 is 1.88 bits per heavy atom. The lowest BCUT2D eigenvalue weighted by molar-refractivity contribution is 0.481. The fourth-order valence-electron chi connectivity index (χ4n) is 3.23. The number of nitrogens with zero attached hydrogens (tertiary/aromatic N) is 3. The molecule has 0 saturated carbocycles. The van der Waals surface area contributed by atoms with E-state index in [4.69, 9.17) is 5.73 Å². The number of anilines is 2. The van der Waals surface area contributed by atoms with E-state index in [-0.39, 0.29) is 11.3 Å². The number of nitrogens with one attached hydrogen (secondary N) is 1. The zero-order valence-electron chi connectivity index (χ0n) is 18.3. The van der Waals surface area contributed by atoms with E-state index in [1.165, 1.54) is 6.33 Å². The maximum absolute atomic E-state index is 12.7. The number of hydrogen-bond acceptors (Lipinski definition) is 6. The maximum Gasteiger partial charge on any atom is 0.266 e. The molecule has 0 bridgehead atoms. The highest BCUT2D eigenvalue weighted by Gasteiger charge is 2.12. The molecule has 4 aromatic rings. The Balaban J connectivity index is 0.000000207. The molecule has 0 aliphatic carbocycles. The Labute approximate surface area is 186 Å². The molecule has 0 fully saturated rings. The summed E-state index contributed by atoms with van der Waals surface area (Å²) in [6, 6.07) is 19.3. The predicted molar refractivity (Wildman–Crippen MR) is 129 cm³/mol. The van der Waals surface area contributed by atoms with Crippen molar-refractivity contribution in [3.05, 3.63) is 82.5 Å². The molecule has 7 heteroatoms. The average Bonchev–Trinajstić information content (AvgIpc) is 2.81. The summed E-state index contributed by atoms with van der Waals surface area (Å²) in [7, 11) is 0. The van der Waals surface area contributed by atoms with Crippen molar-refractivity contribution in [2.45, 2.75) is 27.2 Å². The lowest BCUT2D eigenvalue weighted by Crippen LogP contribution is -2.21. The first-order chi connectivity index (χ1) is 15.5. The van der Waals surface area contributed by atoms with Gasteiger partial charge in [0, 0.05) is 23.0 Å². The van der Waals surface area contributed by atoms with E-state index < -0.39 is 0 Å². The van der Waals surface area contributed by atoms with Gasteiger partial charge in [0.25, 0.3) is 5.56 Å². The summed E-state index contributed by atoms with van der Waals surface area (Å²) in [5.74, 6) is 3.87. The minimum absolute atomic E-state index is 0.0276. The Hall–Kier alpha value is -4.31. The Morgan fingerprint density at radius 3 is 2.56 bits per heavy atom. The van der Waals surface area contributed by atoms with E-state index in [1.807, 2.05) is 56.3 Å². The number of para-hydroxylation sites is 1. The zero-order chi connectivity index (χ0) is 23.1. The molecule has 32 heavy (non-hydrogen) atoms. The van der Waals surface area contributed by atoms with Gasteiger partial charge < -0.3 is 10.8 Å². The van der Waals surface area contributed by atoms with Crippen LogP contribution in [0.1, 0.15) is 25.1 Å². The van der Waals surface area contributed by atoms with E-state index in [1.54, 1.807) is 23.6 Å². The van der Waals surface area contributed by atoms with Crippen LogP contribution in [0, 0.1) is 18.9 Å². The number of rotatable bonds is 3. The molecule has 0 spiro atoms. The van der Waals surface area contributed by atoms with Gasteiger partial charge in [-0.1, -0.05) is 43.2 Å². The maximum atomic E-state index is 12.7. The lowest BCUT2D eigenvalue weighted by Gasteiger charge is -2.13. The number of phenolic OH excluding ortho intramolecular Hbond substituents is 1. The highest BCUT2D eigenvalue weighted by molar-refractivity contribution is 5.87. The molecule has 0 radical (unpaired) electrons. The minimum atomic E-state index is -0.177. The number of hydrogen-bond donors (Lipinski definition) is 3. The number of aromatic hydroxyl groups is 1. The summed E-state index contributed by atoms with van der Waals surface area (Å²) < 4.78 is 1.67. The molecule has 2 heterocycles. The van der Waals surface area contributed by atoms with Gasteiger partial charge in [-0.3, -0.25) is 14.7 Å². The number of nitrogen functional groups attached to an aromatic ring is 1. The fourth-order valence-corrected chi connectivity index (χ4v) is 3.23. The van der Waals surface area contributed by atoms with Crippen LogP contribution in [0.25, 0.3) is 16.5 Å². The van der Waals surface area contributed by atoms with Crippen LogP contribution in [-0.2, 0) is 6.42 Å². The number of aryl methyl sites for hydroxylation is 1. The number of benzene rings is 2. The molecule has 2 aromatic carbocycles. The van der Waals surface area contributed by atoms with Crippen LogP contribution in [0.3, 0.4) is 0 Å². The topological polar surface area (TPSA) is 106 Å². The standard InChI is InChI=1S/C17H15NO2.C8H10N4/c1-2-13-11-12-7-6-10-15(19)16(12)17(20)18(13)14-8-4-3-5-9-14;1-3-4-10-8-6(2)7(9)11-5-12-8/h3-11,19H,2H2,1H3;5H,1-2H3,(H3,9,10,11,12). The summed E-state index contributed by atoms with van der Waals surface area (Å²) in [5.41, 5.74) is 7.94. The first-order valence-corrected chi connectivity index (χ1v) is 10.1. The van der Waals surface area contributed by atoms with Gasteiger partial charge in [-0.25, -0.2) is 9.97 Å². The largest absolute Gasteiger partial charge is 0.507 e. The third kappa shape index (κ3) is 4.71. The molecule has 4 rings (SSSR count). The molecule has 0 aliphatic heterocycles. The van der Waals surface area contributed by atoms with E-state index in [0.717, 1.165) is 28.8 Å². The van der Waals surface area contributed by atoms with Crippen molar-refractivity contribution in [1.82, 2.24) is 14.5 Å². The van der Waals surface area contributed by atoms with Crippen molar-refractivity contribution in [2.75, 3.05) is 11.1 Å². The normalized spacial score (nSPS) is 9.97. The highest BCUT2D eigenvalue weighted by Crippen LogP contribution is 2.23. The number of aromatic nitrogens is 3. The summed E-state index contributed by atoms with van der Waals surface area (Å²) in [6.07, 6.45) is 2.15. The second-order valence-electron chi connectivity index (χ2n) is 6.94. The number of nitrogens with two attached hydrogens (primary N) is 1. The summed E-state index contributed by atoms with van der Waals surface area (Å²) in [4.78, 5) is 20.5. The fraction of sp³-hybridized carbons (Fsp3) is 0.160. The molecule has 0 atom stereocenters. The molecule has 0 amide bonds. The van der Waals surface area contributed by atoms with Gasteiger partial charge in [0.1, 0.15) is 23.7 Å². The Bertz CT molecular complexity index is 1350. The Kier molecular flexibility index (Phi) is 7.09. The van der Waals surface area contributed by atoms with Crippen LogP contribution in [0.15, 0.2) is 65.7 Å². The van der Waals surface area contributed by atoms with E-state index >= 15 is 0 Å².